The highest BCUT2D eigenvalue weighted by molar-refractivity contribution is 5.89. The van der Waals surface area contributed by atoms with Gasteiger partial charge in [-0.3, -0.25) is 0 Å². The Bertz CT molecular complexity index is 436. The van der Waals surface area contributed by atoms with Crippen LogP contribution < -0.4 is 4.74 Å². The number of rotatable bonds is 7. The molecule has 1 rings (SSSR count). The van der Waals surface area contributed by atoms with Gasteiger partial charge in [-0.25, -0.2) is 9.59 Å². The van der Waals surface area contributed by atoms with Crippen LogP contribution in [0.2, 0.25) is 0 Å². The van der Waals surface area contributed by atoms with Crippen molar-refractivity contribution in [3.63, 3.8) is 0 Å². The summed E-state index contributed by atoms with van der Waals surface area (Å²) in [4.78, 5) is 22.2. The van der Waals surface area contributed by atoms with Crippen LogP contribution >= 0.6 is 0 Å². The van der Waals surface area contributed by atoms with E-state index in [2.05, 4.69) is 6.58 Å². The summed E-state index contributed by atoms with van der Waals surface area (Å²) in [6.07, 6.45) is 1.09. The lowest BCUT2D eigenvalue weighted by molar-refractivity contribution is -0.138. The van der Waals surface area contributed by atoms with Crippen molar-refractivity contribution in [1.29, 1.82) is 0 Å². The van der Waals surface area contributed by atoms with Crippen LogP contribution in [0.25, 0.3) is 0 Å². The summed E-state index contributed by atoms with van der Waals surface area (Å²) in [5, 5.41) is 0. The van der Waals surface area contributed by atoms with Gasteiger partial charge in [0.2, 0.25) is 0 Å². The van der Waals surface area contributed by atoms with Crippen molar-refractivity contribution in [2.75, 3.05) is 19.8 Å². The monoisotopic (exact) mass is 264 g/mol. The molecule has 0 bridgehead atoms. The second kappa shape index (κ2) is 7.92. The number of hydrogen-bond donors (Lipinski definition) is 0. The summed E-state index contributed by atoms with van der Waals surface area (Å²) in [6, 6.07) is 6.54. The van der Waals surface area contributed by atoms with Gasteiger partial charge in [0.1, 0.15) is 19.0 Å². The highest BCUT2D eigenvalue weighted by Crippen LogP contribution is 2.12. The first-order valence-electron chi connectivity index (χ1n) is 5.86. The predicted octanol–water partition coefficient (Wildman–Crippen LogP) is 1.97. The van der Waals surface area contributed by atoms with Crippen LogP contribution in [0.1, 0.15) is 17.3 Å². The van der Waals surface area contributed by atoms with E-state index < -0.39 is 5.97 Å². The third kappa shape index (κ3) is 5.25. The smallest absolute Gasteiger partial charge is 0.338 e. The topological polar surface area (TPSA) is 61.8 Å². The Kier molecular flexibility index (Phi) is 6.15. The van der Waals surface area contributed by atoms with Gasteiger partial charge < -0.3 is 14.2 Å². The van der Waals surface area contributed by atoms with E-state index >= 15 is 0 Å². The molecule has 0 aromatic heterocycles. The fourth-order valence-corrected chi connectivity index (χ4v) is 1.26. The van der Waals surface area contributed by atoms with Crippen molar-refractivity contribution in [3.05, 3.63) is 42.5 Å². The third-order valence-corrected chi connectivity index (χ3v) is 2.13. The van der Waals surface area contributed by atoms with Gasteiger partial charge in [0.25, 0.3) is 0 Å². The number of hydrogen-bond acceptors (Lipinski definition) is 5. The molecule has 0 unspecified atom stereocenters. The standard InChI is InChI=1S/C14H16O5/c1-3-13(15)19-10-9-18-12-7-5-11(6-8-12)14(16)17-4-2/h3,5-8H,1,4,9-10H2,2H3. The second-order valence-corrected chi connectivity index (χ2v) is 3.46. The van der Waals surface area contributed by atoms with E-state index in [0.29, 0.717) is 17.9 Å². The fourth-order valence-electron chi connectivity index (χ4n) is 1.26. The SMILES string of the molecule is C=CC(=O)OCCOc1ccc(C(=O)OCC)cc1. The van der Waals surface area contributed by atoms with Crippen molar-refractivity contribution < 1.29 is 23.8 Å². The molecule has 1 aromatic carbocycles. The molecular weight excluding hydrogens is 248 g/mol. The molecule has 0 aliphatic heterocycles. The van der Waals surface area contributed by atoms with E-state index in [1.165, 1.54) is 0 Å². The van der Waals surface area contributed by atoms with Crippen LogP contribution in [0.4, 0.5) is 0 Å². The van der Waals surface area contributed by atoms with E-state index in [1.54, 1.807) is 31.2 Å². The second-order valence-electron chi connectivity index (χ2n) is 3.46. The molecule has 0 radical (unpaired) electrons. The normalized spacial score (nSPS) is 9.53. The van der Waals surface area contributed by atoms with Crippen LogP contribution in [-0.4, -0.2) is 31.8 Å². The van der Waals surface area contributed by atoms with Crippen molar-refractivity contribution >= 4 is 11.9 Å². The molecule has 0 aliphatic carbocycles. The first kappa shape index (κ1) is 14.8. The summed E-state index contributed by atoms with van der Waals surface area (Å²) in [5.41, 5.74) is 0.465. The molecule has 102 valence electrons. The Balaban J connectivity index is 2.38. The molecule has 1 aromatic rings. The Hall–Kier alpha value is -2.30. The number of carbonyl (C=O) groups excluding carboxylic acids is 2. The summed E-state index contributed by atoms with van der Waals surface area (Å²) in [5.74, 6) is -0.266. The maximum Gasteiger partial charge on any atom is 0.338 e. The van der Waals surface area contributed by atoms with Gasteiger partial charge in [-0.1, -0.05) is 6.58 Å². The van der Waals surface area contributed by atoms with Crippen molar-refractivity contribution in [3.8, 4) is 5.75 Å². The minimum Gasteiger partial charge on any atom is -0.490 e. The molecule has 0 N–H and O–H groups in total. The number of ether oxygens (including phenoxy) is 3. The van der Waals surface area contributed by atoms with Crippen molar-refractivity contribution in [1.82, 2.24) is 0 Å². The van der Waals surface area contributed by atoms with Crippen LogP contribution in [0.3, 0.4) is 0 Å². The van der Waals surface area contributed by atoms with Gasteiger partial charge in [-0.2, -0.15) is 0 Å². The first-order valence-corrected chi connectivity index (χ1v) is 5.86. The largest absolute Gasteiger partial charge is 0.490 e. The quantitative estimate of drug-likeness (QED) is 0.428. The molecule has 0 amide bonds. The molecule has 5 nitrogen and oxygen atoms in total. The zero-order valence-corrected chi connectivity index (χ0v) is 10.8. The Labute approximate surface area is 111 Å². The molecule has 0 aliphatic rings. The minimum absolute atomic E-state index is 0.143. The van der Waals surface area contributed by atoms with Crippen LogP contribution in [0.5, 0.6) is 5.75 Å². The summed E-state index contributed by atoms with van der Waals surface area (Å²) < 4.78 is 14.9. The van der Waals surface area contributed by atoms with E-state index in [1.807, 2.05) is 0 Å². The van der Waals surface area contributed by atoms with Gasteiger partial charge in [-0.15, -0.1) is 0 Å². The van der Waals surface area contributed by atoms with Crippen LogP contribution in [-0.2, 0) is 14.3 Å². The Morgan fingerprint density at radius 1 is 1.16 bits per heavy atom. The maximum absolute atomic E-state index is 11.4. The maximum atomic E-state index is 11.4. The highest BCUT2D eigenvalue weighted by Gasteiger charge is 2.05. The van der Waals surface area contributed by atoms with Crippen molar-refractivity contribution in [2.24, 2.45) is 0 Å². The fraction of sp³-hybridized carbons (Fsp3) is 0.286. The number of esters is 2. The molecule has 0 heterocycles. The Morgan fingerprint density at radius 2 is 1.84 bits per heavy atom. The molecule has 0 fully saturated rings. The van der Waals surface area contributed by atoms with Gasteiger partial charge in [-0.05, 0) is 31.2 Å². The van der Waals surface area contributed by atoms with E-state index in [4.69, 9.17) is 14.2 Å². The third-order valence-electron chi connectivity index (χ3n) is 2.13. The predicted molar refractivity (Wildman–Crippen MR) is 69.0 cm³/mol. The van der Waals surface area contributed by atoms with Gasteiger partial charge in [0.05, 0.1) is 12.2 Å². The van der Waals surface area contributed by atoms with Gasteiger partial charge in [0.15, 0.2) is 0 Å². The lowest BCUT2D eigenvalue weighted by atomic mass is 10.2. The molecule has 5 heteroatoms. The molecule has 0 saturated heterocycles. The van der Waals surface area contributed by atoms with E-state index in [-0.39, 0.29) is 19.2 Å². The zero-order valence-electron chi connectivity index (χ0n) is 10.8. The van der Waals surface area contributed by atoms with E-state index in [9.17, 15) is 9.59 Å². The summed E-state index contributed by atoms with van der Waals surface area (Å²) >= 11 is 0. The lowest BCUT2D eigenvalue weighted by Crippen LogP contribution is -2.10. The van der Waals surface area contributed by atoms with Gasteiger partial charge in [0, 0.05) is 6.08 Å². The summed E-state index contributed by atoms with van der Waals surface area (Å²) in [6.45, 7) is 5.75. The highest BCUT2D eigenvalue weighted by atomic mass is 16.6. The molecular formula is C14H16O5. The average Bonchev–Trinajstić information content (AvgIpc) is 2.44. The zero-order chi connectivity index (χ0) is 14.1. The van der Waals surface area contributed by atoms with Crippen LogP contribution in [0, 0.1) is 0 Å². The number of benzene rings is 1. The molecule has 0 atom stereocenters. The summed E-state index contributed by atoms with van der Waals surface area (Å²) in [7, 11) is 0. The van der Waals surface area contributed by atoms with E-state index in [0.717, 1.165) is 6.08 Å². The molecule has 0 saturated carbocycles. The van der Waals surface area contributed by atoms with Crippen LogP contribution in [0.15, 0.2) is 36.9 Å². The van der Waals surface area contributed by atoms with Gasteiger partial charge >= 0.3 is 11.9 Å². The molecule has 19 heavy (non-hydrogen) atoms. The minimum atomic E-state index is -0.485. The number of carbonyl (C=O) groups is 2. The average molecular weight is 264 g/mol. The lowest BCUT2D eigenvalue weighted by Gasteiger charge is -2.07. The first-order chi connectivity index (χ1) is 9.17. The molecule has 0 spiro atoms. The van der Waals surface area contributed by atoms with Crippen molar-refractivity contribution in [2.45, 2.75) is 6.92 Å². The Morgan fingerprint density at radius 3 is 2.42 bits per heavy atom.